The molecule has 0 radical (unpaired) electrons. The largest absolute Gasteiger partial charge is 0.375 e. The predicted molar refractivity (Wildman–Crippen MR) is 107 cm³/mol. The van der Waals surface area contributed by atoms with Crippen LogP contribution in [-0.2, 0) is 9.47 Å². The van der Waals surface area contributed by atoms with Crippen molar-refractivity contribution in [2.45, 2.75) is 38.4 Å². The van der Waals surface area contributed by atoms with E-state index in [9.17, 15) is 0 Å². The quantitative estimate of drug-likeness (QED) is 0.397. The second-order valence-corrected chi connectivity index (χ2v) is 6.88. The number of ether oxygens (including phenoxy) is 2. The molecule has 3 fully saturated rings. The highest BCUT2D eigenvalue weighted by Crippen LogP contribution is 2.21. The monoisotopic (exact) mass is 452 g/mol. The van der Waals surface area contributed by atoms with Crippen LogP contribution in [0.5, 0.6) is 0 Å². The van der Waals surface area contributed by atoms with E-state index in [1.165, 1.54) is 19.5 Å². The summed E-state index contributed by atoms with van der Waals surface area (Å²) < 4.78 is 11.7. The molecule has 0 aromatic heterocycles. The van der Waals surface area contributed by atoms with Crippen molar-refractivity contribution in [2.24, 2.45) is 10.9 Å². The Bertz CT molecular complexity index is 404. The molecular formula is C17H33IN4O2. The number of nitrogens with one attached hydrogen (secondary N) is 1. The standard InChI is InChI=1S/C17H32N4O2.HI/c1-3-20-7-6-14(12-20)11-19-17(18-2)21-8-10-23-16(13-21)15-5-4-9-22-15;/h14-16H,3-13H2,1-2H3,(H,18,19);1H. The van der Waals surface area contributed by atoms with Gasteiger partial charge in [-0.3, -0.25) is 4.99 Å². The Balaban J connectivity index is 0.00000208. The molecule has 6 nitrogen and oxygen atoms in total. The minimum Gasteiger partial charge on any atom is -0.375 e. The van der Waals surface area contributed by atoms with Gasteiger partial charge in [-0.2, -0.15) is 0 Å². The minimum atomic E-state index is 0. The van der Waals surface area contributed by atoms with E-state index in [1.54, 1.807) is 0 Å². The Kier molecular flexibility index (Phi) is 8.53. The van der Waals surface area contributed by atoms with Crippen LogP contribution < -0.4 is 5.32 Å². The highest BCUT2D eigenvalue weighted by Gasteiger charge is 2.32. The summed E-state index contributed by atoms with van der Waals surface area (Å²) in [7, 11) is 1.88. The van der Waals surface area contributed by atoms with Gasteiger partial charge in [-0.15, -0.1) is 24.0 Å². The number of hydrogen-bond acceptors (Lipinski definition) is 4. The van der Waals surface area contributed by atoms with Crippen LogP contribution in [0.2, 0.25) is 0 Å². The van der Waals surface area contributed by atoms with Gasteiger partial charge < -0.3 is 24.6 Å². The summed E-state index contributed by atoms with van der Waals surface area (Å²) in [5.74, 6) is 1.76. The maximum absolute atomic E-state index is 5.94. The molecular weight excluding hydrogens is 419 g/mol. The van der Waals surface area contributed by atoms with Gasteiger partial charge in [-0.25, -0.2) is 0 Å². The third-order valence-corrected chi connectivity index (χ3v) is 5.35. The molecule has 0 saturated carbocycles. The molecule has 7 heteroatoms. The highest BCUT2D eigenvalue weighted by molar-refractivity contribution is 14.0. The van der Waals surface area contributed by atoms with Crippen molar-refractivity contribution in [2.75, 3.05) is 59.5 Å². The summed E-state index contributed by atoms with van der Waals surface area (Å²) in [6.45, 7) is 10.3. The van der Waals surface area contributed by atoms with Crippen molar-refractivity contribution in [1.29, 1.82) is 0 Å². The fourth-order valence-corrected chi connectivity index (χ4v) is 3.92. The fraction of sp³-hybridized carbons (Fsp3) is 0.941. The average molecular weight is 452 g/mol. The molecule has 1 N–H and O–H groups in total. The summed E-state index contributed by atoms with van der Waals surface area (Å²) in [5.41, 5.74) is 0. The van der Waals surface area contributed by atoms with E-state index in [2.05, 4.69) is 27.0 Å². The molecule has 3 heterocycles. The topological polar surface area (TPSA) is 49.3 Å². The molecule has 0 aromatic carbocycles. The average Bonchev–Trinajstić information content (AvgIpc) is 3.27. The first-order chi connectivity index (χ1) is 11.3. The van der Waals surface area contributed by atoms with E-state index in [-0.39, 0.29) is 36.2 Å². The van der Waals surface area contributed by atoms with Crippen molar-refractivity contribution in [3.63, 3.8) is 0 Å². The van der Waals surface area contributed by atoms with Crippen molar-refractivity contribution < 1.29 is 9.47 Å². The van der Waals surface area contributed by atoms with Gasteiger partial charge in [0.05, 0.1) is 12.7 Å². The maximum Gasteiger partial charge on any atom is 0.193 e. The summed E-state index contributed by atoms with van der Waals surface area (Å²) in [5, 5.41) is 3.59. The van der Waals surface area contributed by atoms with E-state index in [0.717, 1.165) is 64.1 Å². The first-order valence-corrected chi connectivity index (χ1v) is 9.21. The first kappa shape index (κ1) is 20.2. The zero-order valence-corrected chi connectivity index (χ0v) is 17.4. The van der Waals surface area contributed by atoms with Crippen molar-refractivity contribution in [3.05, 3.63) is 0 Å². The molecule has 140 valence electrons. The van der Waals surface area contributed by atoms with E-state index in [0.29, 0.717) is 0 Å². The molecule has 3 aliphatic rings. The smallest absolute Gasteiger partial charge is 0.193 e. The Morgan fingerprint density at radius 3 is 2.62 bits per heavy atom. The van der Waals surface area contributed by atoms with Gasteiger partial charge in [0.15, 0.2) is 5.96 Å². The zero-order chi connectivity index (χ0) is 16.1. The van der Waals surface area contributed by atoms with Crippen LogP contribution in [0.1, 0.15) is 26.2 Å². The lowest BCUT2D eigenvalue weighted by Crippen LogP contribution is -2.53. The number of aliphatic imine (C=N–C) groups is 1. The summed E-state index contributed by atoms with van der Waals surface area (Å²) in [4.78, 5) is 9.36. The Morgan fingerprint density at radius 2 is 1.96 bits per heavy atom. The second kappa shape index (κ2) is 10.1. The molecule has 3 aliphatic heterocycles. The van der Waals surface area contributed by atoms with Gasteiger partial charge in [0.1, 0.15) is 6.10 Å². The van der Waals surface area contributed by atoms with E-state index < -0.39 is 0 Å². The van der Waals surface area contributed by atoms with Crippen LogP contribution in [0.25, 0.3) is 0 Å². The molecule has 0 aliphatic carbocycles. The minimum absolute atomic E-state index is 0. The molecule has 3 rings (SSSR count). The van der Waals surface area contributed by atoms with Crippen LogP contribution in [-0.4, -0.2) is 87.5 Å². The molecule has 0 spiro atoms. The number of nitrogens with zero attached hydrogens (tertiary/aromatic N) is 3. The number of rotatable bonds is 4. The Labute approximate surface area is 163 Å². The van der Waals surface area contributed by atoms with Crippen LogP contribution in [0.3, 0.4) is 0 Å². The van der Waals surface area contributed by atoms with Crippen LogP contribution in [0.15, 0.2) is 4.99 Å². The number of halogens is 1. The van der Waals surface area contributed by atoms with Gasteiger partial charge in [-0.1, -0.05) is 6.92 Å². The molecule has 0 bridgehead atoms. The number of likely N-dealkylation sites (tertiary alicyclic amines) is 1. The molecule has 3 atom stereocenters. The number of morpholine rings is 1. The van der Waals surface area contributed by atoms with Gasteiger partial charge in [0, 0.05) is 39.8 Å². The summed E-state index contributed by atoms with van der Waals surface area (Å²) >= 11 is 0. The Morgan fingerprint density at radius 1 is 1.12 bits per heavy atom. The lowest BCUT2D eigenvalue weighted by atomic mass is 10.1. The van der Waals surface area contributed by atoms with Crippen molar-refractivity contribution in [1.82, 2.24) is 15.1 Å². The van der Waals surface area contributed by atoms with Gasteiger partial charge in [0.2, 0.25) is 0 Å². The maximum atomic E-state index is 5.94. The highest BCUT2D eigenvalue weighted by atomic mass is 127. The van der Waals surface area contributed by atoms with Crippen LogP contribution in [0, 0.1) is 5.92 Å². The Hall–Kier alpha value is -0.120. The molecule has 0 amide bonds. The third kappa shape index (κ3) is 5.19. The number of hydrogen-bond donors (Lipinski definition) is 1. The summed E-state index contributed by atoms with van der Waals surface area (Å²) in [6, 6.07) is 0. The first-order valence-electron chi connectivity index (χ1n) is 9.21. The van der Waals surface area contributed by atoms with Crippen molar-refractivity contribution in [3.8, 4) is 0 Å². The van der Waals surface area contributed by atoms with Gasteiger partial charge in [-0.05, 0) is 38.3 Å². The predicted octanol–water partition coefficient (Wildman–Crippen LogP) is 1.40. The summed E-state index contributed by atoms with van der Waals surface area (Å²) in [6.07, 6.45) is 4.03. The van der Waals surface area contributed by atoms with E-state index >= 15 is 0 Å². The molecule has 3 unspecified atom stereocenters. The molecule has 0 aromatic rings. The van der Waals surface area contributed by atoms with Gasteiger partial charge in [0.25, 0.3) is 0 Å². The molecule has 24 heavy (non-hydrogen) atoms. The number of guanidine groups is 1. The van der Waals surface area contributed by atoms with Gasteiger partial charge >= 0.3 is 0 Å². The van der Waals surface area contributed by atoms with Crippen molar-refractivity contribution >= 4 is 29.9 Å². The van der Waals surface area contributed by atoms with E-state index in [4.69, 9.17) is 9.47 Å². The SMILES string of the molecule is CCN1CCC(CNC(=NC)N2CCOC(C3CCCO3)C2)C1.I. The second-order valence-electron chi connectivity index (χ2n) is 6.88. The van der Waals surface area contributed by atoms with Crippen LogP contribution >= 0.6 is 24.0 Å². The lowest BCUT2D eigenvalue weighted by Gasteiger charge is -2.37. The zero-order valence-electron chi connectivity index (χ0n) is 15.1. The normalized spacial score (nSPS) is 32.0. The molecule has 3 saturated heterocycles. The third-order valence-electron chi connectivity index (χ3n) is 5.35. The van der Waals surface area contributed by atoms with Crippen LogP contribution in [0.4, 0.5) is 0 Å². The van der Waals surface area contributed by atoms with E-state index in [1.807, 2.05) is 7.05 Å². The lowest BCUT2D eigenvalue weighted by molar-refractivity contribution is -0.0817. The fourth-order valence-electron chi connectivity index (χ4n) is 3.92.